The van der Waals surface area contributed by atoms with Gasteiger partial charge in [0.2, 0.25) is 0 Å². The molecule has 2 N–H and O–H groups in total. The molecule has 4 rings (SSSR count). The molecule has 6 nitrogen and oxygen atoms in total. The number of nitrogens with zero attached hydrogens (tertiary/aromatic N) is 2. The van der Waals surface area contributed by atoms with Gasteiger partial charge in [-0.2, -0.15) is 5.10 Å². The zero-order valence-corrected chi connectivity index (χ0v) is 14.6. The van der Waals surface area contributed by atoms with Crippen molar-refractivity contribution in [3.8, 4) is 0 Å². The second kappa shape index (κ2) is 7.17. The summed E-state index contributed by atoms with van der Waals surface area (Å²) in [5.74, 6) is -0.445. The third-order valence-corrected chi connectivity index (χ3v) is 5.27. The zero-order chi connectivity index (χ0) is 18.0. The van der Waals surface area contributed by atoms with Crippen LogP contribution in [0.5, 0.6) is 0 Å². The van der Waals surface area contributed by atoms with Crippen molar-refractivity contribution in [3.63, 3.8) is 0 Å². The van der Waals surface area contributed by atoms with Gasteiger partial charge in [-0.05, 0) is 43.1 Å². The molecule has 1 aromatic heterocycles. The van der Waals surface area contributed by atoms with Crippen LogP contribution in [0.1, 0.15) is 34.6 Å². The van der Waals surface area contributed by atoms with E-state index >= 15 is 0 Å². The van der Waals surface area contributed by atoms with E-state index in [0.29, 0.717) is 25.5 Å². The summed E-state index contributed by atoms with van der Waals surface area (Å²) in [6, 6.07) is 8.32. The van der Waals surface area contributed by atoms with Crippen LogP contribution in [0.3, 0.4) is 0 Å². The second-order valence-electron chi connectivity index (χ2n) is 7.05. The normalized spacial score (nSPS) is 22.7. The lowest BCUT2D eigenvalue weighted by molar-refractivity contribution is 0.0933. The topological polar surface area (TPSA) is 68.2 Å². The number of halogens is 1. The fourth-order valence-electron chi connectivity index (χ4n) is 3.69. The lowest BCUT2D eigenvalue weighted by atomic mass is 9.79. The van der Waals surface area contributed by atoms with Crippen LogP contribution < -0.4 is 10.6 Å². The molecule has 0 radical (unpaired) electrons. The molecular formula is C19H23FN4O2. The molecule has 2 aliphatic heterocycles. The monoisotopic (exact) mass is 358 g/mol. The van der Waals surface area contributed by atoms with E-state index in [0.717, 1.165) is 43.7 Å². The molecule has 2 aliphatic rings. The Balaban J connectivity index is 1.48. The SMILES string of the molecule is O=C(NC[C@@]1(c2ccc(F)cc2)CCOC1)c1cc2n(n1)CCCNC2. The van der Waals surface area contributed by atoms with Gasteiger partial charge < -0.3 is 15.4 Å². The summed E-state index contributed by atoms with van der Waals surface area (Å²) in [4.78, 5) is 12.6. The van der Waals surface area contributed by atoms with Gasteiger partial charge in [0.15, 0.2) is 0 Å². The minimum absolute atomic E-state index is 0.182. The van der Waals surface area contributed by atoms with E-state index in [1.165, 1.54) is 12.1 Å². The molecule has 0 saturated carbocycles. The molecule has 0 spiro atoms. The second-order valence-corrected chi connectivity index (χ2v) is 7.05. The fourth-order valence-corrected chi connectivity index (χ4v) is 3.69. The summed E-state index contributed by atoms with van der Waals surface area (Å²) in [5.41, 5.74) is 2.14. The van der Waals surface area contributed by atoms with Crippen molar-refractivity contribution in [2.24, 2.45) is 0 Å². The number of nitrogens with one attached hydrogen (secondary N) is 2. The Hall–Kier alpha value is -2.25. The maximum Gasteiger partial charge on any atom is 0.271 e. The van der Waals surface area contributed by atoms with Crippen molar-refractivity contribution in [3.05, 3.63) is 53.1 Å². The van der Waals surface area contributed by atoms with Crippen molar-refractivity contribution in [1.82, 2.24) is 20.4 Å². The summed E-state index contributed by atoms with van der Waals surface area (Å²) in [7, 11) is 0. The predicted molar refractivity (Wildman–Crippen MR) is 94.4 cm³/mol. The average Bonchev–Trinajstić information content (AvgIpc) is 3.23. The number of benzene rings is 1. The van der Waals surface area contributed by atoms with Crippen LogP contribution in [0.15, 0.2) is 30.3 Å². The number of carbonyl (C=O) groups is 1. The van der Waals surface area contributed by atoms with Crippen LogP contribution in [0.25, 0.3) is 0 Å². The molecule has 1 atom stereocenters. The molecular weight excluding hydrogens is 335 g/mol. The van der Waals surface area contributed by atoms with Crippen LogP contribution in [0, 0.1) is 5.82 Å². The maximum absolute atomic E-state index is 13.3. The van der Waals surface area contributed by atoms with Gasteiger partial charge in [0.25, 0.3) is 5.91 Å². The van der Waals surface area contributed by atoms with Crippen LogP contribution >= 0.6 is 0 Å². The van der Waals surface area contributed by atoms with E-state index in [9.17, 15) is 9.18 Å². The van der Waals surface area contributed by atoms with Crippen molar-refractivity contribution in [2.75, 3.05) is 26.3 Å². The molecule has 0 bridgehead atoms. The Bertz CT molecular complexity index is 758. The van der Waals surface area contributed by atoms with E-state index in [-0.39, 0.29) is 17.1 Å². The number of rotatable bonds is 4. The molecule has 1 fully saturated rings. The number of fused-ring (bicyclic) bond motifs is 1. The molecule has 0 unspecified atom stereocenters. The first kappa shape index (κ1) is 17.2. The van der Waals surface area contributed by atoms with E-state index in [1.807, 2.05) is 10.7 Å². The van der Waals surface area contributed by atoms with E-state index in [1.54, 1.807) is 12.1 Å². The molecule has 1 amide bonds. The number of aryl methyl sites for hydroxylation is 1. The summed E-state index contributed by atoms with van der Waals surface area (Å²) >= 11 is 0. The van der Waals surface area contributed by atoms with Crippen LogP contribution in [-0.2, 0) is 23.2 Å². The van der Waals surface area contributed by atoms with Crippen LogP contribution in [0.2, 0.25) is 0 Å². The minimum atomic E-state index is -0.318. The average molecular weight is 358 g/mol. The van der Waals surface area contributed by atoms with Crippen LogP contribution in [0.4, 0.5) is 4.39 Å². The number of ether oxygens (including phenoxy) is 1. The van der Waals surface area contributed by atoms with Crippen molar-refractivity contribution in [1.29, 1.82) is 0 Å². The summed E-state index contributed by atoms with van der Waals surface area (Å²) in [6.45, 7) is 4.11. The standard InChI is InChI=1S/C19H23FN4O2/c20-15-4-2-14(3-5-15)19(6-9-26-13-19)12-22-18(25)17-10-16-11-21-7-1-8-24(16)23-17/h2-5,10,21H,1,6-9,11-13H2,(H,22,25)/t19-/m0/s1. The molecule has 26 heavy (non-hydrogen) atoms. The third kappa shape index (κ3) is 3.37. The lowest BCUT2D eigenvalue weighted by Crippen LogP contribution is -2.41. The van der Waals surface area contributed by atoms with Gasteiger partial charge in [-0.25, -0.2) is 4.39 Å². The zero-order valence-electron chi connectivity index (χ0n) is 14.6. The van der Waals surface area contributed by atoms with Gasteiger partial charge in [0.1, 0.15) is 11.5 Å². The Morgan fingerprint density at radius 3 is 3.00 bits per heavy atom. The number of carbonyl (C=O) groups excluding carboxylic acids is 1. The van der Waals surface area contributed by atoms with Crippen LogP contribution in [-0.4, -0.2) is 42.0 Å². The van der Waals surface area contributed by atoms with E-state index < -0.39 is 0 Å². The summed E-state index contributed by atoms with van der Waals surface area (Å²) in [6.07, 6.45) is 1.79. The summed E-state index contributed by atoms with van der Waals surface area (Å²) in [5, 5.41) is 10.8. The molecule has 1 aromatic carbocycles. The van der Waals surface area contributed by atoms with Gasteiger partial charge in [0.05, 0.1) is 12.3 Å². The Labute approximate surface area is 151 Å². The van der Waals surface area contributed by atoms with Gasteiger partial charge in [-0.3, -0.25) is 9.48 Å². The first-order valence-electron chi connectivity index (χ1n) is 9.06. The minimum Gasteiger partial charge on any atom is -0.380 e. The number of hydrogen-bond donors (Lipinski definition) is 2. The first-order valence-corrected chi connectivity index (χ1v) is 9.06. The van der Waals surface area contributed by atoms with Crippen molar-refractivity contribution < 1.29 is 13.9 Å². The smallest absolute Gasteiger partial charge is 0.271 e. The highest BCUT2D eigenvalue weighted by molar-refractivity contribution is 5.92. The molecule has 2 aromatic rings. The van der Waals surface area contributed by atoms with Crippen molar-refractivity contribution in [2.45, 2.75) is 31.3 Å². The van der Waals surface area contributed by atoms with Gasteiger partial charge >= 0.3 is 0 Å². The van der Waals surface area contributed by atoms with E-state index in [4.69, 9.17) is 4.74 Å². The molecule has 0 aliphatic carbocycles. The van der Waals surface area contributed by atoms with Crippen molar-refractivity contribution >= 4 is 5.91 Å². The Morgan fingerprint density at radius 1 is 1.38 bits per heavy atom. The number of amides is 1. The lowest BCUT2D eigenvalue weighted by Gasteiger charge is -2.28. The largest absolute Gasteiger partial charge is 0.380 e. The molecule has 1 saturated heterocycles. The number of hydrogen-bond acceptors (Lipinski definition) is 4. The van der Waals surface area contributed by atoms with Gasteiger partial charge in [-0.1, -0.05) is 12.1 Å². The van der Waals surface area contributed by atoms with Gasteiger partial charge in [-0.15, -0.1) is 0 Å². The molecule has 3 heterocycles. The third-order valence-electron chi connectivity index (χ3n) is 5.27. The molecule has 138 valence electrons. The maximum atomic E-state index is 13.3. The molecule has 7 heteroatoms. The first-order chi connectivity index (χ1) is 12.7. The highest BCUT2D eigenvalue weighted by Crippen LogP contribution is 2.32. The predicted octanol–water partition coefficient (Wildman–Crippen LogP) is 1.60. The quantitative estimate of drug-likeness (QED) is 0.871. The summed E-state index contributed by atoms with van der Waals surface area (Å²) < 4.78 is 20.8. The van der Waals surface area contributed by atoms with Gasteiger partial charge in [0, 0.05) is 31.7 Å². The fraction of sp³-hybridized carbons (Fsp3) is 0.474. The number of aromatic nitrogens is 2. The Kier molecular flexibility index (Phi) is 4.74. The highest BCUT2D eigenvalue weighted by Gasteiger charge is 2.37. The Morgan fingerprint density at radius 2 is 2.23 bits per heavy atom. The highest BCUT2D eigenvalue weighted by atomic mass is 19.1. The van der Waals surface area contributed by atoms with E-state index in [2.05, 4.69) is 15.7 Å².